The normalized spacial score (nSPS) is 12.6. The Kier molecular flexibility index (Phi) is 4.50. The second kappa shape index (κ2) is 5.71. The molecule has 1 rings (SSSR count). The van der Waals surface area contributed by atoms with Crippen LogP contribution in [0.2, 0.25) is 0 Å². The number of hydrogen-bond donors (Lipinski definition) is 2. The van der Waals surface area contributed by atoms with Crippen molar-refractivity contribution in [2.45, 2.75) is 32.4 Å². The Bertz CT molecular complexity index is 461. The molecular weight excluding hydrogens is 250 g/mol. The fraction of sp³-hybridized carbons (Fsp3) is 0.385. The highest BCUT2D eigenvalue weighted by Crippen LogP contribution is 2.17. The minimum atomic E-state index is -1.12. The first kappa shape index (κ1) is 15.0. The number of carbonyl (C=O) groups is 2. The third kappa shape index (κ3) is 4.97. The maximum absolute atomic E-state index is 11.6. The van der Waals surface area contributed by atoms with E-state index in [1.54, 1.807) is 20.8 Å². The van der Waals surface area contributed by atoms with Crippen molar-refractivity contribution < 1.29 is 24.2 Å². The van der Waals surface area contributed by atoms with Gasteiger partial charge in [0, 0.05) is 0 Å². The average Bonchev–Trinajstić information content (AvgIpc) is 2.26. The second-order valence-electron chi connectivity index (χ2n) is 4.95. The number of hydrogen-bond acceptors (Lipinski definition) is 6. The van der Waals surface area contributed by atoms with Gasteiger partial charge >= 0.3 is 12.1 Å². The lowest BCUT2D eigenvalue weighted by Gasteiger charge is -2.19. The van der Waals surface area contributed by atoms with Crippen LogP contribution in [-0.4, -0.2) is 22.8 Å². The summed E-state index contributed by atoms with van der Waals surface area (Å²) in [5, 5.41) is 9.12. The SMILES string of the molecule is CC(C)(C)OC(=O)OC(=O)[C@@H](N)c1ccc(O)cc1. The van der Waals surface area contributed by atoms with Crippen LogP contribution in [0.25, 0.3) is 0 Å². The molecule has 6 heteroatoms. The summed E-state index contributed by atoms with van der Waals surface area (Å²) in [5.74, 6) is -0.864. The van der Waals surface area contributed by atoms with E-state index in [0.717, 1.165) is 0 Å². The molecule has 6 nitrogen and oxygen atoms in total. The van der Waals surface area contributed by atoms with Crippen LogP contribution in [0.3, 0.4) is 0 Å². The predicted octanol–water partition coefficient (Wildman–Crippen LogP) is 1.87. The average molecular weight is 267 g/mol. The van der Waals surface area contributed by atoms with Gasteiger partial charge in [0.2, 0.25) is 0 Å². The quantitative estimate of drug-likeness (QED) is 0.627. The van der Waals surface area contributed by atoms with E-state index < -0.39 is 23.8 Å². The van der Waals surface area contributed by atoms with E-state index >= 15 is 0 Å². The van der Waals surface area contributed by atoms with Gasteiger partial charge in [-0.3, -0.25) is 0 Å². The molecule has 0 aliphatic rings. The first-order valence-electron chi connectivity index (χ1n) is 5.68. The minimum Gasteiger partial charge on any atom is -0.508 e. The van der Waals surface area contributed by atoms with Crippen molar-refractivity contribution >= 4 is 12.1 Å². The molecule has 19 heavy (non-hydrogen) atoms. The number of rotatable bonds is 2. The van der Waals surface area contributed by atoms with E-state index in [1.165, 1.54) is 24.3 Å². The highest BCUT2D eigenvalue weighted by molar-refractivity contribution is 5.86. The van der Waals surface area contributed by atoms with Crippen molar-refractivity contribution in [1.29, 1.82) is 0 Å². The molecule has 0 amide bonds. The molecule has 0 aliphatic heterocycles. The van der Waals surface area contributed by atoms with E-state index in [9.17, 15) is 9.59 Å². The molecule has 0 heterocycles. The molecule has 0 fully saturated rings. The van der Waals surface area contributed by atoms with Crippen LogP contribution >= 0.6 is 0 Å². The van der Waals surface area contributed by atoms with Crippen LogP contribution in [0.5, 0.6) is 5.75 Å². The Morgan fingerprint density at radius 3 is 2.21 bits per heavy atom. The highest BCUT2D eigenvalue weighted by atomic mass is 16.7. The number of ether oxygens (including phenoxy) is 2. The Morgan fingerprint density at radius 1 is 1.21 bits per heavy atom. The third-order valence-electron chi connectivity index (χ3n) is 2.08. The predicted molar refractivity (Wildman–Crippen MR) is 67.4 cm³/mol. The minimum absolute atomic E-state index is 0.0523. The van der Waals surface area contributed by atoms with Gasteiger partial charge in [0.15, 0.2) is 0 Å². The topological polar surface area (TPSA) is 98.9 Å². The van der Waals surface area contributed by atoms with Crippen LogP contribution in [0.1, 0.15) is 32.4 Å². The molecule has 0 unspecified atom stereocenters. The summed E-state index contributed by atoms with van der Waals surface area (Å²) in [5.41, 5.74) is 5.31. The van der Waals surface area contributed by atoms with Crippen LogP contribution in [0.4, 0.5) is 4.79 Å². The van der Waals surface area contributed by atoms with Crippen LogP contribution in [0.15, 0.2) is 24.3 Å². The van der Waals surface area contributed by atoms with Crippen LogP contribution in [-0.2, 0) is 14.3 Å². The van der Waals surface area contributed by atoms with Crippen LogP contribution in [0, 0.1) is 0 Å². The fourth-order valence-electron chi connectivity index (χ4n) is 1.23. The Balaban J connectivity index is 2.63. The smallest absolute Gasteiger partial charge is 0.508 e. The Hall–Kier alpha value is -2.08. The maximum atomic E-state index is 11.6. The highest BCUT2D eigenvalue weighted by Gasteiger charge is 2.24. The van der Waals surface area contributed by atoms with Crippen molar-refractivity contribution in [3.05, 3.63) is 29.8 Å². The van der Waals surface area contributed by atoms with Gasteiger partial charge in [0.25, 0.3) is 0 Å². The molecule has 0 aromatic heterocycles. The number of benzene rings is 1. The van der Waals surface area contributed by atoms with Gasteiger partial charge in [0.1, 0.15) is 17.4 Å². The molecular formula is C13H17NO5. The van der Waals surface area contributed by atoms with Crippen molar-refractivity contribution in [1.82, 2.24) is 0 Å². The van der Waals surface area contributed by atoms with Gasteiger partial charge in [-0.1, -0.05) is 12.1 Å². The summed E-state index contributed by atoms with van der Waals surface area (Å²) < 4.78 is 9.32. The molecule has 0 aliphatic carbocycles. The molecule has 0 saturated heterocycles. The molecule has 1 aromatic carbocycles. The summed E-state index contributed by atoms with van der Waals surface area (Å²) in [6.07, 6.45) is -1.09. The molecule has 1 aromatic rings. The lowest BCUT2D eigenvalue weighted by Crippen LogP contribution is -2.30. The summed E-state index contributed by atoms with van der Waals surface area (Å²) in [7, 11) is 0. The number of nitrogens with two attached hydrogens (primary N) is 1. The van der Waals surface area contributed by atoms with Gasteiger partial charge in [-0.05, 0) is 38.5 Å². The first-order chi connectivity index (χ1) is 8.69. The number of esters is 1. The monoisotopic (exact) mass is 267 g/mol. The number of phenols is 1. The van der Waals surface area contributed by atoms with E-state index in [2.05, 4.69) is 4.74 Å². The van der Waals surface area contributed by atoms with Crippen molar-refractivity contribution in [2.24, 2.45) is 5.73 Å². The van der Waals surface area contributed by atoms with Gasteiger partial charge in [0.05, 0.1) is 0 Å². The van der Waals surface area contributed by atoms with Crippen LogP contribution < -0.4 is 5.73 Å². The number of carbonyl (C=O) groups excluding carboxylic acids is 2. The Labute approximate surface area is 111 Å². The zero-order chi connectivity index (χ0) is 14.6. The second-order valence-corrected chi connectivity index (χ2v) is 4.95. The van der Waals surface area contributed by atoms with Gasteiger partial charge in [-0.25, -0.2) is 9.59 Å². The largest absolute Gasteiger partial charge is 0.516 e. The lowest BCUT2D eigenvalue weighted by atomic mass is 10.1. The maximum Gasteiger partial charge on any atom is 0.516 e. The molecule has 3 N–H and O–H groups in total. The molecule has 0 saturated carbocycles. The summed E-state index contributed by atoms with van der Waals surface area (Å²) in [6, 6.07) is 4.59. The molecule has 0 bridgehead atoms. The first-order valence-corrected chi connectivity index (χ1v) is 5.68. The zero-order valence-corrected chi connectivity index (χ0v) is 11.0. The van der Waals surface area contributed by atoms with Gasteiger partial charge in [-0.2, -0.15) is 0 Å². The molecule has 0 radical (unpaired) electrons. The standard InChI is InChI=1S/C13H17NO5/c1-13(2,3)19-12(17)18-11(16)10(14)8-4-6-9(15)7-5-8/h4-7,10,15H,14H2,1-3H3/t10-/m0/s1. The van der Waals surface area contributed by atoms with E-state index in [-0.39, 0.29) is 5.75 Å². The van der Waals surface area contributed by atoms with E-state index in [0.29, 0.717) is 5.56 Å². The third-order valence-corrected chi connectivity index (χ3v) is 2.08. The number of aromatic hydroxyl groups is 1. The van der Waals surface area contributed by atoms with Crippen molar-refractivity contribution in [3.8, 4) is 5.75 Å². The fourth-order valence-corrected chi connectivity index (χ4v) is 1.23. The molecule has 1 atom stereocenters. The van der Waals surface area contributed by atoms with E-state index in [4.69, 9.17) is 15.6 Å². The lowest BCUT2D eigenvalue weighted by molar-refractivity contribution is -0.143. The Morgan fingerprint density at radius 2 is 1.74 bits per heavy atom. The van der Waals surface area contributed by atoms with Gasteiger partial charge in [-0.15, -0.1) is 0 Å². The molecule has 104 valence electrons. The van der Waals surface area contributed by atoms with Crippen molar-refractivity contribution in [3.63, 3.8) is 0 Å². The zero-order valence-electron chi connectivity index (χ0n) is 11.0. The number of phenolic OH excluding ortho intramolecular Hbond substituents is 1. The summed E-state index contributed by atoms with van der Waals surface area (Å²) >= 11 is 0. The van der Waals surface area contributed by atoms with Gasteiger partial charge < -0.3 is 20.3 Å². The molecule has 0 spiro atoms. The summed E-state index contributed by atoms with van der Waals surface area (Å²) in [4.78, 5) is 22.9. The summed E-state index contributed by atoms with van der Waals surface area (Å²) in [6.45, 7) is 4.95. The van der Waals surface area contributed by atoms with E-state index in [1.807, 2.05) is 0 Å². The van der Waals surface area contributed by atoms with Crippen molar-refractivity contribution in [2.75, 3.05) is 0 Å².